The van der Waals surface area contributed by atoms with Gasteiger partial charge in [0.15, 0.2) is 0 Å². The number of nitrogens with two attached hydrogens (primary N) is 1. The maximum absolute atomic E-state index is 12.9. The molecule has 4 atom stereocenters. The summed E-state index contributed by atoms with van der Waals surface area (Å²) in [4.78, 5) is 60.7. The largest absolute Gasteiger partial charge is 0.508 e. The van der Waals surface area contributed by atoms with Crippen LogP contribution in [0.1, 0.15) is 32.3 Å². The van der Waals surface area contributed by atoms with E-state index in [-0.39, 0.29) is 30.3 Å². The summed E-state index contributed by atoms with van der Waals surface area (Å²) in [6.07, 6.45) is -0.721. The maximum atomic E-state index is 12.9. The number of hydrogen-bond donors (Lipinski definition) is 8. The van der Waals surface area contributed by atoms with Gasteiger partial charge in [-0.05, 0) is 30.0 Å². The van der Waals surface area contributed by atoms with Gasteiger partial charge in [0.05, 0.1) is 12.5 Å². The topological polar surface area (TPSA) is 208 Å². The fourth-order valence-corrected chi connectivity index (χ4v) is 3.23. The average Bonchev–Trinajstić information content (AvgIpc) is 2.77. The lowest BCUT2D eigenvalue weighted by Crippen LogP contribution is -2.58. The molecule has 3 amide bonds. The van der Waals surface area contributed by atoms with Gasteiger partial charge in [0.2, 0.25) is 17.7 Å². The van der Waals surface area contributed by atoms with E-state index in [2.05, 4.69) is 28.6 Å². The average molecular weight is 513 g/mol. The second-order valence-electron chi connectivity index (χ2n) is 8.41. The number of benzene rings is 1. The Morgan fingerprint density at radius 1 is 0.886 bits per heavy atom. The highest BCUT2D eigenvalue weighted by atomic mass is 32.1. The fraction of sp³-hybridized carbons (Fsp3) is 0.500. The van der Waals surface area contributed by atoms with E-state index >= 15 is 0 Å². The summed E-state index contributed by atoms with van der Waals surface area (Å²) in [6, 6.07) is 0.674. The lowest BCUT2D eigenvalue weighted by molar-refractivity contribution is -0.143. The number of carboxylic acid groups (broad SMARTS) is 2. The molecule has 194 valence electrons. The number of carbonyl (C=O) groups excluding carboxylic acids is 3. The summed E-state index contributed by atoms with van der Waals surface area (Å²) in [6.45, 7) is 3.56. The standard InChI is InChI=1S/C22H32N4O8S/c1-11(2)7-15(25-21(32)16(9-18(28)29)24-19(30)14(23)10-35)20(31)26-17(22(33)34)8-12-3-5-13(27)6-4-12/h3-6,11,14-17,27,35H,7-10,23H2,1-2H3,(H,24,30)(H,25,32)(H,26,31)(H,28,29)(H,33,34). The third-order valence-electron chi connectivity index (χ3n) is 4.88. The van der Waals surface area contributed by atoms with Crippen LogP contribution in [-0.4, -0.2) is 74.9 Å². The minimum absolute atomic E-state index is 0.00250. The van der Waals surface area contributed by atoms with Gasteiger partial charge in [0, 0.05) is 12.2 Å². The Kier molecular flexibility index (Phi) is 12.0. The van der Waals surface area contributed by atoms with Crippen molar-refractivity contribution in [3.05, 3.63) is 29.8 Å². The van der Waals surface area contributed by atoms with E-state index in [0.29, 0.717) is 5.56 Å². The van der Waals surface area contributed by atoms with E-state index in [4.69, 9.17) is 10.8 Å². The molecule has 0 spiro atoms. The van der Waals surface area contributed by atoms with Gasteiger partial charge < -0.3 is 37.0 Å². The van der Waals surface area contributed by atoms with Gasteiger partial charge in [-0.3, -0.25) is 19.2 Å². The molecular weight excluding hydrogens is 480 g/mol. The van der Waals surface area contributed by atoms with Crippen molar-refractivity contribution in [2.45, 2.75) is 57.3 Å². The van der Waals surface area contributed by atoms with E-state index in [9.17, 15) is 34.2 Å². The lowest BCUT2D eigenvalue weighted by atomic mass is 10.0. The van der Waals surface area contributed by atoms with Crippen LogP contribution >= 0.6 is 12.6 Å². The molecule has 1 aromatic carbocycles. The van der Waals surface area contributed by atoms with Crippen LogP contribution in [0.3, 0.4) is 0 Å². The van der Waals surface area contributed by atoms with E-state index in [0.717, 1.165) is 0 Å². The number of rotatable bonds is 14. The third kappa shape index (κ3) is 10.6. The second kappa shape index (κ2) is 14.2. The predicted molar refractivity (Wildman–Crippen MR) is 129 cm³/mol. The number of thiol groups is 1. The molecule has 0 aliphatic rings. The Hall–Kier alpha value is -3.32. The summed E-state index contributed by atoms with van der Waals surface area (Å²) in [5.41, 5.74) is 6.11. The molecule has 0 aromatic heterocycles. The lowest BCUT2D eigenvalue weighted by Gasteiger charge is -2.25. The molecule has 1 rings (SSSR count). The van der Waals surface area contributed by atoms with Crippen LogP contribution in [0.15, 0.2) is 24.3 Å². The Labute approximate surface area is 208 Å². The van der Waals surface area contributed by atoms with Crippen molar-refractivity contribution in [1.29, 1.82) is 0 Å². The molecule has 0 bridgehead atoms. The first-order valence-electron chi connectivity index (χ1n) is 10.8. The first-order chi connectivity index (χ1) is 16.3. The Bertz CT molecular complexity index is 909. The van der Waals surface area contributed by atoms with Gasteiger partial charge in [-0.15, -0.1) is 0 Å². The van der Waals surface area contributed by atoms with Gasteiger partial charge in [-0.2, -0.15) is 12.6 Å². The molecule has 0 radical (unpaired) electrons. The third-order valence-corrected chi connectivity index (χ3v) is 5.27. The van der Waals surface area contributed by atoms with Gasteiger partial charge in [0.1, 0.15) is 23.9 Å². The molecule has 0 saturated heterocycles. The van der Waals surface area contributed by atoms with Crippen LogP contribution in [0.2, 0.25) is 0 Å². The molecule has 0 aliphatic carbocycles. The van der Waals surface area contributed by atoms with Crippen LogP contribution < -0.4 is 21.7 Å². The van der Waals surface area contributed by atoms with Crippen molar-refractivity contribution in [2.75, 3.05) is 5.75 Å². The summed E-state index contributed by atoms with van der Waals surface area (Å²) in [5.74, 6) is -5.31. The molecule has 12 nitrogen and oxygen atoms in total. The number of phenols is 1. The van der Waals surface area contributed by atoms with Crippen molar-refractivity contribution in [1.82, 2.24) is 16.0 Å². The SMILES string of the molecule is CC(C)CC(NC(=O)C(CC(=O)O)NC(=O)C(N)CS)C(=O)NC(Cc1ccc(O)cc1)C(=O)O. The highest BCUT2D eigenvalue weighted by Gasteiger charge is 2.31. The van der Waals surface area contributed by atoms with Crippen LogP contribution in [-0.2, 0) is 30.4 Å². The van der Waals surface area contributed by atoms with Crippen molar-refractivity contribution in [3.8, 4) is 5.75 Å². The Morgan fingerprint density at radius 3 is 1.89 bits per heavy atom. The zero-order chi connectivity index (χ0) is 26.7. The molecule has 4 unspecified atom stereocenters. The Morgan fingerprint density at radius 2 is 1.40 bits per heavy atom. The van der Waals surface area contributed by atoms with Crippen LogP contribution in [0.5, 0.6) is 5.75 Å². The fourth-order valence-electron chi connectivity index (χ4n) is 3.06. The van der Waals surface area contributed by atoms with E-state index in [1.807, 2.05) is 0 Å². The summed E-state index contributed by atoms with van der Waals surface area (Å²) in [7, 11) is 0. The number of phenolic OH excluding ortho intramolecular Hbond substituents is 1. The zero-order valence-electron chi connectivity index (χ0n) is 19.4. The highest BCUT2D eigenvalue weighted by molar-refractivity contribution is 7.80. The van der Waals surface area contributed by atoms with Crippen molar-refractivity contribution >= 4 is 42.3 Å². The summed E-state index contributed by atoms with van der Waals surface area (Å²) >= 11 is 3.89. The zero-order valence-corrected chi connectivity index (χ0v) is 20.3. The normalized spacial score (nSPS) is 14.3. The van der Waals surface area contributed by atoms with E-state index in [1.54, 1.807) is 13.8 Å². The molecular formula is C22H32N4O8S. The molecule has 0 aliphatic heterocycles. The minimum Gasteiger partial charge on any atom is -0.508 e. The van der Waals surface area contributed by atoms with Gasteiger partial charge in [0.25, 0.3) is 0 Å². The summed E-state index contributed by atoms with van der Waals surface area (Å²) < 4.78 is 0. The van der Waals surface area contributed by atoms with Gasteiger partial charge in [-0.25, -0.2) is 4.79 Å². The number of carbonyl (C=O) groups is 5. The highest BCUT2D eigenvalue weighted by Crippen LogP contribution is 2.12. The van der Waals surface area contributed by atoms with Crippen molar-refractivity contribution in [3.63, 3.8) is 0 Å². The number of aromatic hydroxyl groups is 1. The molecule has 13 heteroatoms. The van der Waals surface area contributed by atoms with Crippen LogP contribution in [0.25, 0.3) is 0 Å². The Balaban J connectivity index is 3.02. The molecule has 1 aromatic rings. The van der Waals surface area contributed by atoms with Crippen molar-refractivity contribution in [2.24, 2.45) is 11.7 Å². The van der Waals surface area contributed by atoms with Gasteiger partial charge in [-0.1, -0.05) is 26.0 Å². The molecule has 0 heterocycles. The van der Waals surface area contributed by atoms with Crippen LogP contribution in [0, 0.1) is 5.92 Å². The molecule has 35 heavy (non-hydrogen) atoms. The number of hydrogen-bond acceptors (Lipinski definition) is 8. The van der Waals surface area contributed by atoms with E-state index < -0.39 is 60.2 Å². The monoisotopic (exact) mass is 512 g/mol. The van der Waals surface area contributed by atoms with Crippen molar-refractivity contribution < 1.29 is 39.3 Å². The minimum atomic E-state index is -1.51. The first kappa shape index (κ1) is 29.7. The molecule has 8 N–H and O–H groups in total. The smallest absolute Gasteiger partial charge is 0.326 e. The van der Waals surface area contributed by atoms with Crippen LogP contribution in [0.4, 0.5) is 0 Å². The quantitative estimate of drug-likeness (QED) is 0.147. The number of aliphatic carboxylic acids is 2. The van der Waals surface area contributed by atoms with Gasteiger partial charge >= 0.3 is 11.9 Å². The number of amides is 3. The number of carboxylic acids is 2. The van der Waals surface area contributed by atoms with E-state index in [1.165, 1.54) is 24.3 Å². The molecule has 0 saturated carbocycles. The number of nitrogens with one attached hydrogen (secondary N) is 3. The summed E-state index contributed by atoms with van der Waals surface area (Å²) in [5, 5.41) is 35.1. The molecule has 0 fully saturated rings. The predicted octanol–water partition coefficient (Wildman–Crippen LogP) is -0.748. The first-order valence-corrected chi connectivity index (χ1v) is 11.5. The maximum Gasteiger partial charge on any atom is 0.326 e. The second-order valence-corrected chi connectivity index (χ2v) is 8.77.